The van der Waals surface area contributed by atoms with E-state index >= 15 is 0 Å². The number of rotatable bonds is 4. The maximum Gasteiger partial charge on any atom is -1.00 e. The van der Waals surface area contributed by atoms with Crippen LogP contribution in [0.3, 0.4) is 0 Å². The van der Waals surface area contributed by atoms with Crippen LogP contribution in [-0.4, -0.2) is 0 Å². The quantitative estimate of drug-likeness (QED) is 0.520. The van der Waals surface area contributed by atoms with Gasteiger partial charge < -0.3 is 24.8 Å². The molecule has 0 radical (unpaired) electrons. The van der Waals surface area contributed by atoms with Crippen LogP contribution in [0.1, 0.15) is 19.3 Å². The minimum Gasteiger partial charge on any atom is -1.00 e. The van der Waals surface area contributed by atoms with Gasteiger partial charge in [-0.15, -0.1) is 0 Å². The third-order valence-electron chi connectivity index (χ3n) is 2.98. The Balaban J connectivity index is 0.00000128. The van der Waals surface area contributed by atoms with Crippen molar-refractivity contribution in [1.29, 1.82) is 0 Å². The Morgan fingerprint density at radius 1 is 1.29 bits per heavy atom. The standard InChI is InChI=1S/C14H15.2ClH.Zr/c1-2-3-7-12-10-6-11-14(12)13-8-4-5-9-13;;;/h2,4-6,8,10-11H,1,3,7,9H2;2*1H;/q;;;+2/p-2. The van der Waals surface area contributed by atoms with Gasteiger partial charge in [-0.1, -0.05) is 0 Å². The summed E-state index contributed by atoms with van der Waals surface area (Å²) in [5, 5.41) is 0. The van der Waals surface area contributed by atoms with Crippen LogP contribution in [0.25, 0.3) is 0 Å². The maximum absolute atomic E-state index is 3.81. The Bertz CT molecular complexity index is 391. The van der Waals surface area contributed by atoms with Crippen molar-refractivity contribution in [2.24, 2.45) is 0 Å². The van der Waals surface area contributed by atoms with E-state index in [2.05, 4.69) is 43.0 Å². The second kappa shape index (κ2) is 7.57. The van der Waals surface area contributed by atoms with E-state index in [1.54, 1.807) is 24.7 Å². The molecule has 1 atom stereocenters. The van der Waals surface area contributed by atoms with Gasteiger partial charge in [-0.3, -0.25) is 0 Å². The fourth-order valence-electron chi connectivity index (χ4n) is 2.14. The van der Waals surface area contributed by atoms with Gasteiger partial charge in [0.2, 0.25) is 0 Å². The molecular formula is C14H15Cl2Zr. The number of hydrogen-bond donors (Lipinski definition) is 0. The minimum absolute atomic E-state index is 0. The van der Waals surface area contributed by atoms with Gasteiger partial charge in [0.1, 0.15) is 0 Å². The summed E-state index contributed by atoms with van der Waals surface area (Å²) in [7, 11) is 0. The van der Waals surface area contributed by atoms with E-state index in [1.165, 1.54) is 17.6 Å². The van der Waals surface area contributed by atoms with Crippen LogP contribution in [-0.2, 0) is 24.7 Å². The molecule has 89 valence electrons. The molecule has 0 saturated heterocycles. The molecule has 0 amide bonds. The van der Waals surface area contributed by atoms with Gasteiger partial charge in [0, 0.05) is 0 Å². The first-order chi connectivity index (χ1) is 7.26. The number of allylic oxidation sites excluding steroid dienone is 9. The van der Waals surface area contributed by atoms with Crippen molar-refractivity contribution in [3.8, 4) is 0 Å². The third-order valence-corrected chi connectivity index (χ3v) is 4.67. The average Bonchev–Trinajstić information content (AvgIpc) is 2.84. The number of halogens is 2. The second-order valence-corrected chi connectivity index (χ2v) is 6.26. The third kappa shape index (κ3) is 3.81. The Kier molecular flexibility index (Phi) is 7.64. The van der Waals surface area contributed by atoms with Gasteiger partial charge in [0.15, 0.2) is 0 Å². The molecule has 1 unspecified atom stereocenters. The molecule has 0 saturated carbocycles. The van der Waals surface area contributed by atoms with Crippen LogP contribution in [0.4, 0.5) is 0 Å². The van der Waals surface area contributed by atoms with E-state index in [0.717, 1.165) is 12.8 Å². The summed E-state index contributed by atoms with van der Waals surface area (Å²) in [4.78, 5) is 0. The molecule has 0 N–H and O–H groups in total. The van der Waals surface area contributed by atoms with E-state index in [0.29, 0.717) is 3.12 Å². The SMILES string of the molecule is C=CCC[C]1([Zr+2])C=CC=C1C1=CC=CC1.[Cl-].[Cl-]. The molecule has 0 aromatic carbocycles. The molecule has 0 fully saturated rings. The summed E-state index contributed by atoms with van der Waals surface area (Å²) in [5.74, 6) is 0. The first-order valence-corrected chi connectivity index (χ1v) is 6.61. The van der Waals surface area contributed by atoms with Crippen LogP contribution in [0, 0.1) is 0 Å². The Morgan fingerprint density at radius 2 is 2.06 bits per heavy atom. The van der Waals surface area contributed by atoms with Gasteiger partial charge in [0.25, 0.3) is 0 Å². The van der Waals surface area contributed by atoms with Gasteiger partial charge in [0.05, 0.1) is 0 Å². The molecule has 0 nitrogen and oxygen atoms in total. The first-order valence-electron chi connectivity index (χ1n) is 5.38. The molecule has 0 aliphatic heterocycles. The molecule has 3 heteroatoms. The van der Waals surface area contributed by atoms with Crippen LogP contribution in [0.2, 0.25) is 3.12 Å². The average molecular weight is 345 g/mol. The fourth-order valence-corrected chi connectivity index (χ4v) is 3.33. The molecule has 0 aromatic heterocycles. The van der Waals surface area contributed by atoms with Crippen molar-refractivity contribution in [1.82, 2.24) is 0 Å². The summed E-state index contributed by atoms with van der Waals surface area (Å²) >= 11 is 1.59. The van der Waals surface area contributed by atoms with E-state index in [4.69, 9.17) is 0 Å². The van der Waals surface area contributed by atoms with Crippen LogP contribution < -0.4 is 24.8 Å². The molecule has 0 spiro atoms. The number of hydrogen-bond acceptors (Lipinski definition) is 0. The molecule has 0 aromatic rings. The molecule has 2 aliphatic carbocycles. The van der Waals surface area contributed by atoms with Gasteiger partial charge >= 0.3 is 107 Å². The fraction of sp³-hybridized carbons (Fsp3) is 0.286. The van der Waals surface area contributed by atoms with E-state index < -0.39 is 0 Å². The zero-order valence-electron chi connectivity index (χ0n) is 9.63. The van der Waals surface area contributed by atoms with Gasteiger partial charge in [-0.25, -0.2) is 0 Å². The monoisotopic (exact) mass is 343 g/mol. The van der Waals surface area contributed by atoms with E-state index in [9.17, 15) is 0 Å². The Morgan fingerprint density at radius 3 is 2.65 bits per heavy atom. The largest absolute Gasteiger partial charge is 1.00 e. The molecular weight excluding hydrogens is 330 g/mol. The summed E-state index contributed by atoms with van der Waals surface area (Å²) in [5.41, 5.74) is 3.04. The van der Waals surface area contributed by atoms with Crippen molar-refractivity contribution < 1.29 is 49.5 Å². The van der Waals surface area contributed by atoms with Crippen molar-refractivity contribution >= 4 is 0 Å². The second-order valence-electron chi connectivity index (χ2n) is 4.06. The van der Waals surface area contributed by atoms with Gasteiger partial charge in [-0.2, -0.15) is 0 Å². The zero-order valence-corrected chi connectivity index (χ0v) is 13.6. The summed E-state index contributed by atoms with van der Waals surface area (Å²) in [6, 6.07) is 0. The Labute approximate surface area is 131 Å². The van der Waals surface area contributed by atoms with E-state index in [1.807, 2.05) is 6.08 Å². The normalized spacial score (nSPS) is 24.8. The van der Waals surface area contributed by atoms with Crippen molar-refractivity contribution in [2.45, 2.75) is 22.4 Å². The predicted octanol–water partition coefficient (Wildman–Crippen LogP) is -1.95. The first kappa shape index (κ1) is 17.2. The molecule has 0 bridgehead atoms. The molecule has 17 heavy (non-hydrogen) atoms. The van der Waals surface area contributed by atoms with Crippen molar-refractivity contribution in [2.75, 3.05) is 0 Å². The summed E-state index contributed by atoms with van der Waals surface area (Å²) in [6.07, 6.45) is 19.0. The summed E-state index contributed by atoms with van der Waals surface area (Å²) < 4.78 is 0.318. The van der Waals surface area contributed by atoms with Gasteiger partial charge in [-0.05, 0) is 0 Å². The van der Waals surface area contributed by atoms with Crippen molar-refractivity contribution in [3.05, 3.63) is 60.3 Å². The smallest absolute Gasteiger partial charge is 1.00 e. The van der Waals surface area contributed by atoms with Crippen LogP contribution in [0.15, 0.2) is 60.3 Å². The maximum atomic E-state index is 3.81. The van der Waals surface area contributed by atoms with Crippen LogP contribution >= 0.6 is 0 Å². The van der Waals surface area contributed by atoms with Crippen LogP contribution in [0.5, 0.6) is 0 Å². The molecule has 2 aliphatic rings. The van der Waals surface area contributed by atoms with Crippen molar-refractivity contribution in [3.63, 3.8) is 0 Å². The van der Waals surface area contributed by atoms with E-state index in [-0.39, 0.29) is 24.8 Å². The zero-order chi connectivity index (χ0) is 10.7. The molecule has 0 heterocycles. The topological polar surface area (TPSA) is 0 Å². The molecule has 2 rings (SSSR count). The minimum atomic E-state index is 0. The Hall–Kier alpha value is 0.163. The predicted molar refractivity (Wildman–Crippen MR) is 61.2 cm³/mol. The summed E-state index contributed by atoms with van der Waals surface area (Å²) in [6.45, 7) is 3.81.